The molecule has 17 heteroatoms. The van der Waals surface area contributed by atoms with E-state index in [0.717, 1.165) is 27.7 Å². The average molecular weight is 721 g/mol. The summed E-state index contributed by atoms with van der Waals surface area (Å²) in [4.78, 5) is 78.6. The van der Waals surface area contributed by atoms with Gasteiger partial charge in [-0.2, -0.15) is 0 Å². The molecule has 3 heterocycles. The number of hydrogen-bond donors (Lipinski definition) is 4. The van der Waals surface area contributed by atoms with Gasteiger partial charge in [-0.15, -0.1) is 0 Å². The third kappa shape index (κ3) is 3.79. The molecular formula is C34H40O17. The van der Waals surface area contributed by atoms with Crippen molar-refractivity contribution in [3.63, 3.8) is 0 Å². The highest BCUT2D eigenvalue weighted by atomic mass is 16.6. The van der Waals surface area contributed by atoms with E-state index in [4.69, 9.17) is 32.8 Å². The molecule has 2 saturated heterocycles. The Balaban J connectivity index is 1.65. The third-order valence-corrected chi connectivity index (χ3v) is 13.1. The Labute approximate surface area is 290 Å². The molecule has 1 aromatic heterocycles. The molecule has 4 N–H and O–H groups in total. The molecule has 2 bridgehead atoms. The van der Waals surface area contributed by atoms with Crippen molar-refractivity contribution < 1.29 is 82.0 Å². The normalized spacial score (nSPS) is 48.9. The Morgan fingerprint density at radius 1 is 0.765 bits per heavy atom. The van der Waals surface area contributed by atoms with Gasteiger partial charge in [-0.25, -0.2) is 0 Å². The Bertz CT molecular complexity index is 1740. The summed E-state index contributed by atoms with van der Waals surface area (Å²) >= 11 is 0. The van der Waals surface area contributed by atoms with Gasteiger partial charge in [0, 0.05) is 51.0 Å². The lowest BCUT2D eigenvalue weighted by atomic mass is 9.32. The van der Waals surface area contributed by atoms with Crippen molar-refractivity contribution in [2.75, 3.05) is 6.61 Å². The number of carbonyl (C=O) groups is 6. The van der Waals surface area contributed by atoms with E-state index >= 15 is 0 Å². The van der Waals surface area contributed by atoms with Crippen LogP contribution in [0.5, 0.6) is 0 Å². The van der Waals surface area contributed by atoms with Crippen LogP contribution in [-0.2, 0) is 57.2 Å². The standard InChI is InChI=1S/C34H40O17/c1-14(35)47-24-25(48-15(2)36)34(44)30-13-46-21(39)9-19(30)28(5)12-31(30,41)33(43,26(28)49-16(3)37)27(50-17(4)38)32(34,42)20-10-22(40)51-23(29(20,24)6)18-7-8-45-11-18/h7-8,11,19-20,23-27,41-44H,9-10,12-13H2,1-6H3/t19-,20+,23-,24-,25+,26-,27-,28+,29+,30+,31?,32+,33-,34-/m0/s1. The predicted octanol–water partition coefficient (Wildman–Crippen LogP) is -0.458. The molecule has 0 amide bonds. The van der Waals surface area contributed by atoms with Crippen LogP contribution in [0.2, 0.25) is 0 Å². The number of carbonyl (C=O) groups excluding carboxylic acids is 6. The quantitative estimate of drug-likeness (QED) is 0.222. The summed E-state index contributed by atoms with van der Waals surface area (Å²) in [5.74, 6) is -8.89. The van der Waals surface area contributed by atoms with Crippen LogP contribution in [0.1, 0.15) is 72.5 Å². The molecular weight excluding hydrogens is 680 g/mol. The molecule has 4 saturated carbocycles. The van der Waals surface area contributed by atoms with Crippen molar-refractivity contribution in [3.8, 4) is 0 Å². The minimum Gasteiger partial charge on any atom is -0.472 e. The van der Waals surface area contributed by atoms with Gasteiger partial charge in [0.1, 0.15) is 35.6 Å². The molecule has 6 aliphatic rings. The first-order valence-corrected chi connectivity index (χ1v) is 16.6. The van der Waals surface area contributed by atoms with Crippen molar-refractivity contribution in [2.45, 2.75) is 114 Å². The lowest BCUT2D eigenvalue weighted by molar-refractivity contribution is -0.470. The van der Waals surface area contributed by atoms with Crippen LogP contribution < -0.4 is 0 Å². The number of fused-ring (bicyclic) bond motifs is 5. The third-order valence-electron chi connectivity index (χ3n) is 13.1. The molecule has 7 rings (SSSR count). The smallest absolute Gasteiger partial charge is 0.306 e. The van der Waals surface area contributed by atoms with Gasteiger partial charge in [0.15, 0.2) is 23.9 Å². The van der Waals surface area contributed by atoms with E-state index in [1.54, 1.807) is 0 Å². The van der Waals surface area contributed by atoms with Crippen LogP contribution in [-0.4, -0.2) is 110 Å². The van der Waals surface area contributed by atoms with E-state index < -0.39 is 143 Å². The largest absolute Gasteiger partial charge is 0.472 e. The van der Waals surface area contributed by atoms with Crippen molar-refractivity contribution >= 4 is 35.8 Å². The lowest BCUT2D eigenvalue weighted by Gasteiger charge is -2.78. The highest BCUT2D eigenvalue weighted by Gasteiger charge is 3.01. The monoisotopic (exact) mass is 720 g/mol. The van der Waals surface area contributed by atoms with Crippen LogP contribution in [0.4, 0.5) is 0 Å². The van der Waals surface area contributed by atoms with Gasteiger partial charge in [0.2, 0.25) is 0 Å². The highest BCUT2D eigenvalue weighted by molar-refractivity contribution is 5.76. The summed E-state index contributed by atoms with van der Waals surface area (Å²) in [6, 6.07) is 1.43. The van der Waals surface area contributed by atoms with Gasteiger partial charge in [-0.3, -0.25) is 28.8 Å². The van der Waals surface area contributed by atoms with Crippen LogP contribution in [0, 0.1) is 28.1 Å². The maximum atomic E-state index is 13.9. The fourth-order valence-corrected chi connectivity index (χ4v) is 11.8. The summed E-state index contributed by atoms with van der Waals surface area (Å²) in [6.45, 7) is 5.99. The maximum Gasteiger partial charge on any atom is 0.306 e. The fourth-order valence-electron chi connectivity index (χ4n) is 11.8. The molecule has 0 aromatic carbocycles. The van der Waals surface area contributed by atoms with E-state index in [0.29, 0.717) is 0 Å². The first kappa shape index (κ1) is 35.3. The Morgan fingerprint density at radius 2 is 1.33 bits per heavy atom. The molecule has 6 fully saturated rings. The minimum atomic E-state index is -3.18. The number of esters is 6. The SMILES string of the molecule is CC(=O)O[C@@H]1[C@@]2(O)[C@@H](OC(C)=O)[C@]3(C)CC2(O)[C@]2(COC(=O)C[C@@H]32)[C@@]2(O)[C@H](OC(C)=O)[C@H](OC(C)=O)[C@]3(C)[C@@H](CC(=O)O[C@H]3c3ccoc3)[C@@]12O. The van der Waals surface area contributed by atoms with Crippen LogP contribution in [0.15, 0.2) is 23.0 Å². The molecule has 4 aliphatic carbocycles. The summed E-state index contributed by atoms with van der Waals surface area (Å²) in [5.41, 5.74) is -17.9. The van der Waals surface area contributed by atoms with Crippen LogP contribution in [0.25, 0.3) is 0 Å². The second-order valence-corrected chi connectivity index (χ2v) is 15.4. The van der Waals surface area contributed by atoms with Gasteiger partial charge < -0.3 is 53.3 Å². The molecule has 51 heavy (non-hydrogen) atoms. The zero-order chi connectivity index (χ0) is 37.5. The molecule has 1 unspecified atom stereocenters. The zero-order valence-corrected chi connectivity index (χ0v) is 28.7. The van der Waals surface area contributed by atoms with Crippen LogP contribution in [0.3, 0.4) is 0 Å². The van der Waals surface area contributed by atoms with Gasteiger partial charge in [0.25, 0.3) is 0 Å². The van der Waals surface area contributed by atoms with Crippen molar-refractivity contribution in [2.24, 2.45) is 28.1 Å². The summed E-state index contributed by atoms with van der Waals surface area (Å²) < 4.78 is 40.0. The molecule has 0 radical (unpaired) electrons. The number of cyclic esters (lactones) is 2. The van der Waals surface area contributed by atoms with E-state index in [1.807, 2.05) is 0 Å². The second-order valence-electron chi connectivity index (χ2n) is 15.4. The molecule has 2 aliphatic heterocycles. The van der Waals surface area contributed by atoms with Crippen molar-refractivity contribution in [3.05, 3.63) is 24.2 Å². The summed E-state index contributed by atoms with van der Waals surface area (Å²) in [5, 5.41) is 54.1. The molecule has 1 aromatic rings. The van der Waals surface area contributed by atoms with Gasteiger partial charge in [0.05, 0.1) is 29.8 Å². The zero-order valence-electron chi connectivity index (χ0n) is 28.7. The number of aliphatic hydroxyl groups is 4. The van der Waals surface area contributed by atoms with E-state index in [-0.39, 0.29) is 5.56 Å². The van der Waals surface area contributed by atoms with E-state index in [9.17, 15) is 49.2 Å². The molecule has 14 atom stereocenters. The molecule has 1 spiro atoms. The van der Waals surface area contributed by atoms with E-state index in [2.05, 4.69) is 0 Å². The number of ether oxygens (including phenoxy) is 6. The Hall–Kier alpha value is -4.06. The van der Waals surface area contributed by atoms with Gasteiger partial charge >= 0.3 is 35.8 Å². The topological polar surface area (TPSA) is 252 Å². The molecule has 278 valence electrons. The maximum absolute atomic E-state index is 13.9. The van der Waals surface area contributed by atoms with Crippen molar-refractivity contribution in [1.29, 1.82) is 0 Å². The Kier molecular flexibility index (Phi) is 7.29. The lowest BCUT2D eigenvalue weighted by Crippen LogP contribution is -2.99. The first-order chi connectivity index (χ1) is 23.6. The number of furan rings is 1. The Morgan fingerprint density at radius 3 is 1.90 bits per heavy atom. The van der Waals surface area contributed by atoms with Gasteiger partial charge in [-0.1, -0.05) is 13.8 Å². The summed E-state index contributed by atoms with van der Waals surface area (Å²) in [6.07, 6.45) is -9.09. The predicted molar refractivity (Wildman–Crippen MR) is 160 cm³/mol. The fraction of sp³-hybridized carbons (Fsp3) is 0.706. The summed E-state index contributed by atoms with van der Waals surface area (Å²) in [7, 11) is 0. The average Bonchev–Trinajstić information content (AvgIpc) is 3.67. The second kappa shape index (κ2) is 10.5. The number of hydrogen-bond acceptors (Lipinski definition) is 17. The van der Waals surface area contributed by atoms with E-state index in [1.165, 1.54) is 32.4 Å². The van der Waals surface area contributed by atoms with Crippen LogP contribution >= 0.6 is 0 Å². The van der Waals surface area contributed by atoms with Gasteiger partial charge in [-0.05, 0) is 18.4 Å². The minimum absolute atomic E-state index is 0.191. The first-order valence-electron chi connectivity index (χ1n) is 16.6. The number of rotatable bonds is 5. The highest BCUT2D eigenvalue weighted by Crippen LogP contribution is 2.84. The van der Waals surface area contributed by atoms with Crippen molar-refractivity contribution in [1.82, 2.24) is 0 Å². The molecule has 17 nitrogen and oxygen atoms in total.